The molecule has 0 bridgehead atoms. The molecular weight excluding hydrogens is 466 g/mol. The Morgan fingerprint density at radius 3 is 2.54 bits per heavy atom. The molecule has 0 aliphatic rings. The number of aryl methyl sites for hydroxylation is 1. The molecule has 9 nitrogen and oxygen atoms in total. The summed E-state index contributed by atoms with van der Waals surface area (Å²) in [6.45, 7) is 2.22. The number of benzene rings is 2. The summed E-state index contributed by atoms with van der Waals surface area (Å²) in [4.78, 5) is 16.6. The molecule has 0 atom stereocenters. The van der Waals surface area contributed by atoms with E-state index >= 15 is 0 Å². The molecule has 0 unspecified atom stereocenters. The summed E-state index contributed by atoms with van der Waals surface area (Å²) < 4.78 is 7.50. The number of hydrogen-bond acceptors (Lipinski definition) is 6. The third kappa shape index (κ3) is 5.33. The first-order chi connectivity index (χ1) is 18.1. The van der Waals surface area contributed by atoms with Crippen molar-refractivity contribution in [3.05, 3.63) is 108 Å². The lowest BCUT2D eigenvalue weighted by molar-refractivity contribution is 0.251. The summed E-state index contributed by atoms with van der Waals surface area (Å²) in [6.07, 6.45) is 6.59. The molecule has 3 heterocycles. The molecule has 3 N–H and O–H groups in total. The van der Waals surface area contributed by atoms with Crippen LogP contribution in [0.4, 0.5) is 21.9 Å². The van der Waals surface area contributed by atoms with Crippen molar-refractivity contribution in [1.29, 1.82) is 5.26 Å². The van der Waals surface area contributed by atoms with Crippen LogP contribution in [0.5, 0.6) is 11.5 Å². The number of rotatable bonds is 7. The van der Waals surface area contributed by atoms with Crippen LogP contribution in [0.15, 0.2) is 91.5 Å². The average Bonchev–Trinajstić information content (AvgIpc) is 3.25. The summed E-state index contributed by atoms with van der Waals surface area (Å²) in [5, 5.41) is 23.1. The Kier molecular flexibility index (Phi) is 6.63. The average molecular weight is 490 g/mol. The zero-order valence-corrected chi connectivity index (χ0v) is 20.0. The molecule has 0 aliphatic heterocycles. The number of ether oxygens (including phenoxy) is 1. The first-order valence-electron chi connectivity index (χ1n) is 11.6. The van der Waals surface area contributed by atoms with Crippen molar-refractivity contribution >= 4 is 28.6 Å². The molecule has 0 aliphatic carbocycles. The fourth-order valence-electron chi connectivity index (χ4n) is 3.85. The van der Waals surface area contributed by atoms with Gasteiger partial charge in [-0.2, -0.15) is 10.4 Å². The van der Waals surface area contributed by atoms with Gasteiger partial charge in [0.2, 0.25) is 0 Å². The van der Waals surface area contributed by atoms with Crippen molar-refractivity contribution in [2.75, 3.05) is 10.6 Å². The van der Waals surface area contributed by atoms with Crippen LogP contribution in [0.1, 0.15) is 16.7 Å². The van der Waals surface area contributed by atoms with Gasteiger partial charge in [-0.1, -0.05) is 24.3 Å². The quantitative estimate of drug-likeness (QED) is 0.267. The summed E-state index contributed by atoms with van der Waals surface area (Å²) >= 11 is 0. The minimum atomic E-state index is -0.355. The number of pyridine rings is 1. The van der Waals surface area contributed by atoms with Crippen molar-refractivity contribution in [2.24, 2.45) is 0 Å². The van der Waals surface area contributed by atoms with Gasteiger partial charge >= 0.3 is 6.03 Å². The number of urea groups is 1. The van der Waals surface area contributed by atoms with Crippen molar-refractivity contribution in [2.45, 2.75) is 13.5 Å². The highest BCUT2D eigenvalue weighted by atomic mass is 16.5. The van der Waals surface area contributed by atoms with E-state index in [1.165, 1.54) is 6.20 Å². The van der Waals surface area contributed by atoms with E-state index in [9.17, 15) is 10.1 Å². The van der Waals surface area contributed by atoms with E-state index in [1.54, 1.807) is 23.1 Å². The summed E-state index contributed by atoms with van der Waals surface area (Å²) in [6, 6.07) is 22.5. The predicted molar refractivity (Wildman–Crippen MR) is 141 cm³/mol. The highest BCUT2D eigenvalue weighted by Crippen LogP contribution is 2.33. The van der Waals surface area contributed by atoms with Crippen molar-refractivity contribution in [3.63, 3.8) is 0 Å². The lowest BCUT2D eigenvalue weighted by atomic mass is 10.1. The molecule has 0 saturated heterocycles. The highest BCUT2D eigenvalue weighted by Gasteiger charge is 2.17. The zero-order chi connectivity index (χ0) is 25.6. The highest BCUT2D eigenvalue weighted by molar-refractivity contribution is 5.94. The number of nitriles is 1. The second kappa shape index (κ2) is 10.5. The molecule has 3 aromatic heterocycles. The Labute approximate surface area is 213 Å². The number of amides is 2. The first-order valence-corrected chi connectivity index (χ1v) is 11.6. The Balaban J connectivity index is 1.36. The molecule has 37 heavy (non-hydrogen) atoms. The third-order valence-corrected chi connectivity index (χ3v) is 5.70. The Bertz CT molecular complexity index is 1570. The molecule has 0 fully saturated rings. The lowest BCUT2D eigenvalue weighted by Crippen LogP contribution is -2.28. The minimum absolute atomic E-state index is 0.347. The van der Waals surface area contributed by atoms with E-state index in [0.29, 0.717) is 34.7 Å². The topological polar surface area (TPSA) is 116 Å². The van der Waals surface area contributed by atoms with Crippen LogP contribution in [0.2, 0.25) is 0 Å². The molecule has 0 saturated carbocycles. The lowest BCUT2D eigenvalue weighted by Gasteiger charge is -2.12. The van der Waals surface area contributed by atoms with Gasteiger partial charge in [-0.15, -0.1) is 0 Å². The van der Waals surface area contributed by atoms with Gasteiger partial charge in [0.25, 0.3) is 0 Å². The number of anilines is 3. The number of aromatic nitrogens is 3. The molecule has 0 spiro atoms. The SMILES string of the molecule is Cc1c(NC(=O)NCc2cccnc2)cn2ncc(C#N)c(Nc3ccc(Oc4ccccc4)cc3)c12. The maximum atomic E-state index is 12.5. The monoisotopic (exact) mass is 489 g/mol. The van der Waals surface area contributed by atoms with Gasteiger partial charge in [0, 0.05) is 30.2 Å². The van der Waals surface area contributed by atoms with E-state index in [0.717, 1.165) is 22.6 Å². The number of nitrogens with one attached hydrogen (secondary N) is 3. The van der Waals surface area contributed by atoms with Crippen LogP contribution < -0.4 is 20.7 Å². The van der Waals surface area contributed by atoms with E-state index in [2.05, 4.69) is 32.1 Å². The summed E-state index contributed by atoms with van der Waals surface area (Å²) in [5.41, 5.74) is 4.68. The van der Waals surface area contributed by atoms with Crippen LogP contribution in [-0.4, -0.2) is 20.6 Å². The second-order valence-electron chi connectivity index (χ2n) is 8.24. The third-order valence-electron chi connectivity index (χ3n) is 5.70. The van der Waals surface area contributed by atoms with E-state index < -0.39 is 0 Å². The predicted octanol–water partition coefficient (Wildman–Crippen LogP) is 5.77. The number of nitrogens with zero attached hydrogens (tertiary/aromatic N) is 4. The van der Waals surface area contributed by atoms with E-state index in [4.69, 9.17) is 4.74 Å². The first kappa shape index (κ1) is 23.4. The van der Waals surface area contributed by atoms with Crippen LogP contribution in [0.3, 0.4) is 0 Å². The normalized spacial score (nSPS) is 10.5. The minimum Gasteiger partial charge on any atom is -0.457 e. The van der Waals surface area contributed by atoms with Crippen molar-refractivity contribution in [3.8, 4) is 17.6 Å². The Morgan fingerprint density at radius 2 is 1.81 bits per heavy atom. The van der Waals surface area contributed by atoms with Gasteiger partial charge in [0.1, 0.15) is 17.6 Å². The molecule has 9 heteroatoms. The van der Waals surface area contributed by atoms with Crippen LogP contribution in [0, 0.1) is 18.3 Å². The van der Waals surface area contributed by atoms with E-state index in [-0.39, 0.29) is 6.03 Å². The smallest absolute Gasteiger partial charge is 0.319 e. The summed E-state index contributed by atoms with van der Waals surface area (Å²) in [5.74, 6) is 1.44. The molecule has 2 aromatic carbocycles. The van der Waals surface area contributed by atoms with Crippen molar-refractivity contribution in [1.82, 2.24) is 19.9 Å². The number of fused-ring (bicyclic) bond motifs is 1. The number of para-hydroxylation sites is 1. The van der Waals surface area contributed by atoms with Gasteiger partial charge in [0.05, 0.1) is 34.8 Å². The van der Waals surface area contributed by atoms with E-state index in [1.807, 2.05) is 73.7 Å². The number of hydrogen-bond donors (Lipinski definition) is 3. The maximum absolute atomic E-state index is 12.5. The Hall–Kier alpha value is -5.36. The molecule has 5 rings (SSSR count). The molecule has 182 valence electrons. The standard InChI is InChI=1S/C28H23N7O2/c1-19-25(34-28(36)31-16-20-6-5-13-30-15-20)18-35-27(19)26(21(14-29)17-32-35)33-22-9-11-24(12-10-22)37-23-7-3-2-4-8-23/h2-13,15,17-18,33H,16H2,1H3,(H2,31,34,36). The molecule has 0 radical (unpaired) electrons. The van der Waals surface area contributed by atoms with Gasteiger partial charge < -0.3 is 20.7 Å². The fraction of sp³-hybridized carbons (Fsp3) is 0.0714. The van der Waals surface area contributed by atoms with Gasteiger partial charge in [0.15, 0.2) is 0 Å². The maximum Gasteiger partial charge on any atom is 0.319 e. The fourth-order valence-corrected chi connectivity index (χ4v) is 3.85. The largest absolute Gasteiger partial charge is 0.457 e. The Morgan fingerprint density at radius 1 is 1.03 bits per heavy atom. The number of carbonyl (C=O) groups excluding carboxylic acids is 1. The summed E-state index contributed by atoms with van der Waals surface area (Å²) in [7, 11) is 0. The van der Waals surface area contributed by atoms with Crippen molar-refractivity contribution < 1.29 is 9.53 Å². The molecule has 5 aromatic rings. The van der Waals surface area contributed by atoms with Crippen LogP contribution in [0.25, 0.3) is 5.52 Å². The number of carbonyl (C=O) groups is 1. The molecule has 2 amide bonds. The van der Waals surface area contributed by atoms with Crippen LogP contribution in [-0.2, 0) is 6.54 Å². The second-order valence-corrected chi connectivity index (χ2v) is 8.24. The van der Waals surface area contributed by atoms with Crippen LogP contribution >= 0.6 is 0 Å². The van der Waals surface area contributed by atoms with Gasteiger partial charge in [-0.05, 0) is 55.0 Å². The van der Waals surface area contributed by atoms with Gasteiger partial charge in [-0.25, -0.2) is 9.31 Å². The zero-order valence-electron chi connectivity index (χ0n) is 20.0. The molecular formula is C28H23N7O2. The van der Waals surface area contributed by atoms with Gasteiger partial charge in [-0.3, -0.25) is 4.98 Å².